The Kier molecular flexibility index (Phi) is 9.19. The second kappa shape index (κ2) is 12.3. The first-order valence-electron chi connectivity index (χ1n) is 9.99. The van der Waals surface area contributed by atoms with Gasteiger partial charge in [0, 0.05) is 16.7 Å². The van der Waals surface area contributed by atoms with E-state index in [0.29, 0.717) is 22.1 Å². The zero-order valence-electron chi connectivity index (χ0n) is 18.3. The Hall–Kier alpha value is -3.46. The Bertz CT molecular complexity index is 1250. The van der Waals surface area contributed by atoms with Crippen molar-refractivity contribution in [1.82, 2.24) is 5.43 Å². The van der Waals surface area contributed by atoms with Crippen LogP contribution in [0.5, 0.6) is 17.2 Å². The van der Waals surface area contributed by atoms with Gasteiger partial charge < -0.3 is 19.3 Å². The molecule has 0 bridgehead atoms. The maximum Gasteiger partial charge on any atom is 0.335 e. The summed E-state index contributed by atoms with van der Waals surface area (Å²) in [7, 11) is 1.50. The molecule has 0 heterocycles. The number of carboxylic acids is 1. The number of hydrazone groups is 1. The number of nitrogens with one attached hydrogen (secondary N) is 1. The predicted molar refractivity (Wildman–Crippen MR) is 133 cm³/mol. The van der Waals surface area contributed by atoms with Crippen molar-refractivity contribution in [2.24, 2.45) is 5.10 Å². The number of carbonyl (C=O) groups excluding carboxylic acids is 1. The number of ether oxygens (including phenoxy) is 3. The summed E-state index contributed by atoms with van der Waals surface area (Å²) < 4.78 is 16.6. The summed E-state index contributed by atoms with van der Waals surface area (Å²) >= 11 is 17.9. The van der Waals surface area contributed by atoms with Gasteiger partial charge in [-0.05, 0) is 35.9 Å². The highest BCUT2D eigenvalue weighted by atomic mass is 35.5. The lowest BCUT2D eigenvalue weighted by Crippen LogP contribution is -2.24. The number of aromatic carboxylic acids is 1. The first-order valence-corrected chi connectivity index (χ1v) is 11.1. The Morgan fingerprint density at radius 1 is 1.03 bits per heavy atom. The Morgan fingerprint density at radius 3 is 2.46 bits per heavy atom. The molecule has 0 saturated heterocycles. The van der Waals surface area contributed by atoms with Crippen LogP contribution in [-0.4, -0.2) is 36.9 Å². The molecule has 3 rings (SSSR count). The minimum Gasteiger partial charge on any atom is -0.493 e. The smallest absolute Gasteiger partial charge is 0.335 e. The summed E-state index contributed by atoms with van der Waals surface area (Å²) in [5.74, 6) is -0.529. The monoisotopic (exact) mass is 536 g/mol. The van der Waals surface area contributed by atoms with Crippen molar-refractivity contribution in [3.8, 4) is 17.2 Å². The molecule has 0 saturated carbocycles. The fourth-order valence-electron chi connectivity index (χ4n) is 2.84. The van der Waals surface area contributed by atoms with Crippen LogP contribution in [0.2, 0.25) is 15.1 Å². The van der Waals surface area contributed by atoms with E-state index in [2.05, 4.69) is 10.5 Å². The number of carboxylic acid groups (broad SMARTS) is 1. The van der Waals surface area contributed by atoms with Crippen LogP contribution in [-0.2, 0) is 11.4 Å². The minimum absolute atomic E-state index is 0.142. The number of hydrogen-bond acceptors (Lipinski definition) is 6. The van der Waals surface area contributed by atoms with Crippen LogP contribution in [0.3, 0.4) is 0 Å². The summed E-state index contributed by atoms with van der Waals surface area (Å²) in [6, 6.07) is 14.4. The molecule has 0 fully saturated rings. The van der Waals surface area contributed by atoms with Gasteiger partial charge >= 0.3 is 5.97 Å². The number of hydrogen-bond donors (Lipinski definition) is 2. The van der Waals surface area contributed by atoms with E-state index in [4.69, 9.17) is 54.1 Å². The molecule has 182 valence electrons. The summed E-state index contributed by atoms with van der Waals surface area (Å²) in [4.78, 5) is 23.1. The topological polar surface area (TPSA) is 106 Å². The van der Waals surface area contributed by atoms with E-state index in [1.807, 2.05) is 0 Å². The van der Waals surface area contributed by atoms with E-state index in [-0.39, 0.29) is 34.6 Å². The molecule has 0 atom stereocenters. The van der Waals surface area contributed by atoms with Crippen molar-refractivity contribution >= 4 is 52.9 Å². The third-order valence-electron chi connectivity index (χ3n) is 4.52. The summed E-state index contributed by atoms with van der Waals surface area (Å²) in [5.41, 5.74) is 3.83. The van der Waals surface area contributed by atoms with Gasteiger partial charge in [0.05, 0.1) is 23.9 Å². The maximum atomic E-state index is 12.1. The standard InChI is InChI=1S/C24H19Cl3N2O6/c1-33-19-4-2-3-16(23(19)35-12-14-5-7-15(8-6-14)24(31)32)11-28-29-21(30)13-34-20-10-17(25)9-18(26)22(20)27/h2-11H,12-13H2,1H3,(H,29,30)(H,31,32)/b28-11-. The Balaban J connectivity index is 1.63. The minimum atomic E-state index is -1.01. The largest absolute Gasteiger partial charge is 0.493 e. The van der Waals surface area contributed by atoms with E-state index >= 15 is 0 Å². The van der Waals surface area contributed by atoms with Gasteiger partial charge in [-0.25, -0.2) is 10.2 Å². The van der Waals surface area contributed by atoms with Crippen molar-refractivity contribution in [2.75, 3.05) is 13.7 Å². The van der Waals surface area contributed by atoms with Crippen LogP contribution in [0.15, 0.2) is 59.7 Å². The third kappa shape index (κ3) is 7.26. The molecule has 0 radical (unpaired) electrons. The number of halogens is 3. The van der Waals surface area contributed by atoms with E-state index < -0.39 is 11.9 Å². The summed E-state index contributed by atoms with van der Waals surface area (Å²) in [6.45, 7) is -0.216. The molecule has 0 unspecified atom stereocenters. The molecule has 3 aromatic carbocycles. The maximum absolute atomic E-state index is 12.1. The van der Waals surface area contributed by atoms with Crippen LogP contribution in [0.1, 0.15) is 21.5 Å². The van der Waals surface area contributed by atoms with Crippen LogP contribution in [0.4, 0.5) is 0 Å². The third-order valence-corrected chi connectivity index (χ3v) is 5.53. The average molecular weight is 538 g/mol. The molecule has 3 aromatic rings. The summed E-state index contributed by atoms with van der Waals surface area (Å²) in [5, 5.41) is 13.6. The van der Waals surface area contributed by atoms with E-state index in [1.165, 1.54) is 37.6 Å². The molecule has 8 nitrogen and oxygen atoms in total. The van der Waals surface area contributed by atoms with Crippen LogP contribution >= 0.6 is 34.8 Å². The summed E-state index contributed by atoms with van der Waals surface area (Å²) in [6.07, 6.45) is 1.40. The number of amides is 1. The zero-order valence-corrected chi connectivity index (χ0v) is 20.5. The van der Waals surface area contributed by atoms with Crippen LogP contribution in [0, 0.1) is 0 Å². The van der Waals surface area contributed by atoms with Gasteiger partial charge in [-0.3, -0.25) is 4.79 Å². The second-order valence-electron chi connectivity index (χ2n) is 6.95. The van der Waals surface area contributed by atoms with Gasteiger partial charge in [-0.1, -0.05) is 53.0 Å². The molecular formula is C24H19Cl3N2O6. The number of carbonyl (C=O) groups is 2. The Labute approximate surface area is 216 Å². The predicted octanol–water partition coefficient (Wildman–Crippen LogP) is 5.46. The van der Waals surface area contributed by atoms with Gasteiger partial charge in [-0.2, -0.15) is 5.10 Å². The number of rotatable bonds is 10. The SMILES string of the molecule is COc1cccc(/C=N\NC(=O)COc2cc(Cl)cc(Cl)c2Cl)c1OCc1ccc(C(=O)O)cc1. The highest BCUT2D eigenvalue weighted by Crippen LogP contribution is 2.35. The van der Waals surface area contributed by atoms with Gasteiger partial charge in [0.25, 0.3) is 5.91 Å². The first-order chi connectivity index (χ1) is 16.8. The number of benzene rings is 3. The van der Waals surface area contributed by atoms with Crippen molar-refractivity contribution in [1.29, 1.82) is 0 Å². The Morgan fingerprint density at radius 2 is 1.77 bits per heavy atom. The fraction of sp³-hybridized carbons (Fsp3) is 0.125. The lowest BCUT2D eigenvalue weighted by Gasteiger charge is -2.13. The van der Waals surface area contributed by atoms with E-state index in [0.717, 1.165) is 5.56 Å². The van der Waals surface area contributed by atoms with Gasteiger partial charge in [0.2, 0.25) is 0 Å². The molecular weight excluding hydrogens is 519 g/mol. The number of methoxy groups -OCH3 is 1. The lowest BCUT2D eigenvalue weighted by molar-refractivity contribution is -0.123. The van der Waals surface area contributed by atoms with Crippen molar-refractivity contribution < 1.29 is 28.9 Å². The molecule has 0 aromatic heterocycles. The quantitative estimate of drug-likeness (QED) is 0.202. The van der Waals surface area contributed by atoms with Gasteiger partial charge in [0.15, 0.2) is 18.1 Å². The van der Waals surface area contributed by atoms with Gasteiger partial charge in [0.1, 0.15) is 17.4 Å². The zero-order chi connectivity index (χ0) is 25.4. The molecule has 1 amide bonds. The lowest BCUT2D eigenvalue weighted by atomic mass is 10.1. The van der Waals surface area contributed by atoms with Crippen molar-refractivity contribution in [3.05, 3.63) is 86.4 Å². The molecule has 0 aliphatic rings. The van der Waals surface area contributed by atoms with Gasteiger partial charge in [-0.15, -0.1) is 0 Å². The molecule has 0 aliphatic carbocycles. The first kappa shape index (κ1) is 26.2. The average Bonchev–Trinajstić information content (AvgIpc) is 2.84. The fourth-order valence-corrected chi connectivity index (χ4v) is 3.47. The molecule has 2 N–H and O–H groups in total. The highest BCUT2D eigenvalue weighted by Gasteiger charge is 2.12. The normalized spacial score (nSPS) is 10.7. The van der Waals surface area contributed by atoms with Crippen molar-refractivity contribution in [3.63, 3.8) is 0 Å². The van der Waals surface area contributed by atoms with Crippen LogP contribution in [0.25, 0.3) is 0 Å². The van der Waals surface area contributed by atoms with E-state index in [9.17, 15) is 9.59 Å². The number of nitrogens with zero attached hydrogens (tertiary/aromatic N) is 1. The second-order valence-corrected chi connectivity index (χ2v) is 8.17. The molecule has 35 heavy (non-hydrogen) atoms. The number of para-hydroxylation sites is 1. The van der Waals surface area contributed by atoms with Crippen molar-refractivity contribution in [2.45, 2.75) is 6.61 Å². The molecule has 11 heteroatoms. The van der Waals surface area contributed by atoms with E-state index in [1.54, 1.807) is 30.3 Å². The highest BCUT2D eigenvalue weighted by molar-refractivity contribution is 6.44. The molecule has 0 spiro atoms. The van der Waals surface area contributed by atoms with Crippen LogP contribution < -0.4 is 19.6 Å². The molecule has 0 aliphatic heterocycles.